The Labute approximate surface area is 73.1 Å². The van der Waals surface area contributed by atoms with Gasteiger partial charge >= 0.3 is 0 Å². The molecule has 0 atom stereocenters. The van der Waals surface area contributed by atoms with Crippen molar-refractivity contribution in [3.05, 3.63) is 12.5 Å². The fourth-order valence-electron chi connectivity index (χ4n) is 0.874. The molecule has 0 bridgehead atoms. The average Bonchev–Trinajstić information content (AvgIpc) is 2.45. The van der Waals surface area contributed by atoms with Gasteiger partial charge in [0.05, 0.1) is 6.20 Å². The van der Waals surface area contributed by atoms with Crippen molar-refractivity contribution in [3.8, 4) is 0 Å². The zero-order chi connectivity index (χ0) is 9.47. The maximum Gasteiger partial charge on any atom is 0.271 e. The van der Waals surface area contributed by atoms with E-state index in [-0.39, 0.29) is 5.16 Å². The van der Waals surface area contributed by atoms with Crippen molar-refractivity contribution in [1.82, 2.24) is 19.9 Å². The van der Waals surface area contributed by atoms with E-state index in [1.807, 2.05) is 0 Å². The molecule has 0 spiro atoms. The van der Waals surface area contributed by atoms with Crippen molar-refractivity contribution in [2.24, 2.45) is 5.14 Å². The monoisotopic (exact) mass is 199 g/mol. The molecule has 0 radical (unpaired) electrons. The number of hydrogen-bond donors (Lipinski definition) is 2. The fourth-order valence-corrected chi connectivity index (χ4v) is 1.34. The van der Waals surface area contributed by atoms with Crippen LogP contribution < -0.4 is 5.14 Å². The van der Waals surface area contributed by atoms with Crippen molar-refractivity contribution < 1.29 is 8.42 Å². The molecule has 0 amide bonds. The third-order valence-corrected chi connectivity index (χ3v) is 2.14. The van der Waals surface area contributed by atoms with Crippen molar-refractivity contribution in [1.29, 1.82) is 0 Å². The van der Waals surface area contributed by atoms with Crippen molar-refractivity contribution >= 4 is 21.2 Å². The van der Waals surface area contributed by atoms with E-state index in [4.69, 9.17) is 5.14 Å². The number of primary sulfonamides is 1. The molecule has 0 saturated heterocycles. The first-order valence-electron chi connectivity index (χ1n) is 3.26. The molecule has 7 nitrogen and oxygen atoms in total. The second kappa shape index (κ2) is 2.47. The molecule has 2 heterocycles. The van der Waals surface area contributed by atoms with Crippen LogP contribution in [0.5, 0.6) is 0 Å². The van der Waals surface area contributed by atoms with Crippen LogP contribution in [-0.4, -0.2) is 28.4 Å². The van der Waals surface area contributed by atoms with Gasteiger partial charge in [0.15, 0.2) is 5.65 Å². The first-order valence-corrected chi connectivity index (χ1v) is 4.80. The van der Waals surface area contributed by atoms with Crippen molar-refractivity contribution in [3.63, 3.8) is 0 Å². The van der Waals surface area contributed by atoms with E-state index in [1.165, 1.54) is 12.5 Å². The van der Waals surface area contributed by atoms with Gasteiger partial charge in [0.2, 0.25) is 5.16 Å². The Balaban J connectivity index is 2.77. The molecule has 68 valence electrons. The molecule has 0 aliphatic heterocycles. The molecule has 0 aliphatic rings. The Hall–Kier alpha value is -1.54. The van der Waals surface area contributed by atoms with Crippen LogP contribution >= 0.6 is 0 Å². The Morgan fingerprint density at radius 1 is 1.46 bits per heavy atom. The quantitative estimate of drug-likeness (QED) is 0.611. The van der Waals surface area contributed by atoms with E-state index in [2.05, 4.69) is 19.9 Å². The van der Waals surface area contributed by atoms with Crippen LogP contribution in [0.1, 0.15) is 0 Å². The van der Waals surface area contributed by atoms with E-state index in [1.54, 1.807) is 0 Å². The molecule has 0 fully saturated rings. The molecule has 2 aromatic heterocycles. The summed E-state index contributed by atoms with van der Waals surface area (Å²) >= 11 is 0. The maximum atomic E-state index is 10.8. The molecular formula is C5H5N5O2S. The zero-order valence-corrected chi connectivity index (χ0v) is 7.11. The molecule has 0 saturated carbocycles. The molecule has 13 heavy (non-hydrogen) atoms. The van der Waals surface area contributed by atoms with E-state index >= 15 is 0 Å². The minimum atomic E-state index is -3.80. The molecule has 2 aromatic rings. The molecule has 2 rings (SSSR count). The van der Waals surface area contributed by atoms with E-state index in [9.17, 15) is 8.42 Å². The number of aromatic nitrogens is 4. The van der Waals surface area contributed by atoms with Crippen molar-refractivity contribution in [2.75, 3.05) is 0 Å². The number of H-pyrrole nitrogens is 1. The van der Waals surface area contributed by atoms with Gasteiger partial charge in [-0.15, -0.1) is 0 Å². The predicted molar refractivity (Wildman–Crippen MR) is 43.1 cm³/mol. The molecule has 0 aliphatic carbocycles. The van der Waals surface area contributed by atoms with Crippen LogP contribution in [0.3, 0.4) is 0 Å². The Morgan fingerprint density at radius 2 is 2.23 bits per heavy atom. The first-order chi connectivity index (χ1) is 6.07. The summed E-state index contributed by atoms with van der Waals surface area (Å²) in [6, 6.07) is 0. The number of imidazole rings is 1. The summed E-state index contributed by atoms with van der Waals surface area (Å²) in [6.45, 7) is 0. The minimum Gasteiger partial charge on any atom is -0.312 e. The molecule has 0 unspecified atom stereocenters. The van der Waals surface area contributed by atoms with Gasteiger partial charge in [0, 0.05) is 0 Å². The summed E-state index contributed by atoms with van der Waals surface area (Å²) < 4.78 is 21.7. The second-order valence-electron chi connectivity index (χ2n) is 2.34. The SMILES string of the molecule is NS(=O)(=O)c1nc2cncnc2[nH]1. The highest BCUT2D eigenvalue weighted by Crippen LogP contribution is 2.08. The van der Waals surface area contributed by atoms with Gasteiger partial charge < -0.3 is 4.98 Å². The topological polar surface area (TPSA) is 115 Å². The lowest BCUT2D eigenvalue weighted by Crippen LogP contribution is -2.13. The van der Waals surface area contributed by atoms with Gasteiger partial charge in [-0.05, 0) is 0 Å². The van der Waals surface area contributed by atoms with Crippen LogP contribution in [0.25, 0.3) is 11.2 Å². The van der Waals surface area contributed by atoms with Crippen LogP contribution in [0.4, 0.5) is 0 Å². The Morgan fingerprint density at radius 3 is 2.85 bits per heavy atom. The highest BCUT2D eigenvalue weighted by Gasteiger charge is 2.13. The van der Waals surface area contributed by atoms with Gasteiger partial charge in [0.1, 0.15) is 11.8 Å². The van der Waals surface area contributed by atoms with Gasteiger partial charge in [-0.25, -0.2) is 28.5 Å². The summed E-state index contributed by atoms with van der Waals surface area (Å²) in [6.07, 6.45) is 2.68. The number of rotatable bonds is 1. The summed E-state index contributed by atoms with van der Waals surface area (Å²) in [5.74, 6) is 0. The maximum absolute atomic E-state index is 10.8. The van der Waals surface area contributed by atoms with Crippen LogP contribution in [-0.2, 0) is 10.0 Å². The van der Waals surface area contributed by atoms with Gasteiger partial charge in [-0.1, -0.05) is 0 Å². The lowest BCUT2D eigenvalue weighted by Gasteiger charge is -1.86. The average molecular weight is 199 g/mol. The zero-order valence-electron chi connectivity index (χ0n) is 6.30. The highest BCUT2D eigenvalue weighted by atomic mass is 32.2. The molecular weight excluding hydrogens is 194 g/mol. The molecule has 0 aromatic carbocycles. The number of aromatic amines is 1. The number of hydrogen-bond acceptors (Lipinski definition) is 5. The predicted octanol–water partition coefficient (Wildman–Crippen LogP) is -1.000. The van der Waals surface area contributed by atoms with E-state index < -0.39 is 10.0 Å². The van der Waals surface area contributed by atoms with Gasteiger partial charge in [-0.3, -0.25) is 0 Å². The van der Waals surface area contributed by atoms with E-state index in [0.717, 1.165) is 0 Å². The summed E-state index contributed by atoms with van der Waals surface area (Å²) in [7, 11) is -3.80. The number of nitrogens with two attached hydrogens (primary N) is 1. The third kappa shape index (κ3) is 1.36. The summed E-state index contributed by atoms with van der Waals surface area (Å²) in [5.41, 5.74) is 0.713. The third-order valence-electron chi connectivity index (χ3n) is 1.41. The second-order valence-corrected chi connectivity index (χ2v) is 3.82. The van der Waals surface area contributed by atoms with Gasteiger partial charge in [0.25, 0.3) is 10.0 Å². The summed E-state index contributed by atoms with van der Waals surface area (Å²) in [4.78, 5) is 13.6. The number of sulfonamides is 1. The van der Waals surface area contributed by atoms with Crippen LogP contribution in [0.15, 0.2) is 17.7 Å². The Bertz CT molecular complexity index is 512. The largest absolute Gasteiger partial charge is 0.312 e. The van der Waals surface area contributed by atoms with Gasteiger partial charge in [-0.2, -0.15) is 0 Å². The molecule has 3 N–H and O–H groups in total. The van der Waals surface area contributed by atoms with E-state index in [0.29, 0.717) is 11.2 Å². The normalized spacial score (nSPS) is 12.1. The first kappa shape index (κ1) is 8.08. The Kier molecular flexibility index (Phi) is 1.54. The fraction of sp³-hybridized carbons (Fsp3) is 0. The lowest BCUT2D eigenvalue weighted by atomic mass is 10.6. The lowest BCUT2D eigenvalue weighted by molar-refractivity contribution is 0.591. The number of nitrogens with one attached hydrogen (secondary N) is 1. The van der Waals surface area contributed by atoms with Crippen molar-refractivity contribution in [2.45, 2.75) is 5.16 Å². The highest BCUT2D eigenvalue weighted by molar-refractivity contribution is 7.89. The standard InChI is InChI=1S/C5H5N5O2S/c6-13(11,12)5-9-3-1-7-2-8-4(3)10-5/h1-2H,(H2,6,11,12)(H,7,8,9,10). The summed E-state index contributed by atoms with van der Waals surface area (Å²) in [5, 5.41) is 4.55. The van der Waals surface area contributed by atoms with Crippen LogP contribution in [0, 0.1) is 0 Å². The van der Waals surface area contributed by atoms with Crippen LogP contribution in [0.2, 0.25) is 0 Å². The smallest absolute Gasteiger partial charge is 0.271 e. The number of fused-ring (bicyclic) bond motifs is 1. The minimum absolute atomic E-state index is 0.303. The molecule has 8 heteroatoms. The number of nitrogens with zero attached hydrogens (tertiary/aromatic N) is 3.